The fourth-order valence-electron chi connectivity index (χ4n) is 3.39. The van der Waals surface area contributed by atoms with E-state index in [1.54, 1.807) is 7.11 Å². The normalized spacial score (nSPS) is 10.8. The number of methoxy groups -OCH3 is 1. The smallest absolute Gasteiger partial charge is 0.122 e. The molecule has 0 saturated heterocycles. The maximum Gasteiger partial charge on any atom is 0.122 e. The summed E-state index contributed by atoms with van der Waals surface area (Å²) >= 11 is 0. The predicted octanol–water partition coefficient (Wildman–Crippen LogP) is 5.53. The third-order valence-electron chi connectivity index (χ3n) is 4.83. The van der Waals surface area contributed by atoms with E-state index < -0.39 is 0 Å². The van der Waals surface area contributed by atoms with Crippen molar-refractivity contribution in [2.75, 3.05) is 7.11 Å². The molecule has 0 aliphatic rings. The van der Waals surface area contributed by atoms with Crippen LogP contribution in [0.15, 0.2) is 60.9 Å². The number of nitrogens with zero attached hydrogens (tertiary/aromatic N) is 2. The van der Waals surface area contributed by atoms with Crippen molar-refractivity contribution in [3.05, 3.63) is 72.2 Å². The van der Waals surface area contributed by atoms with Crippen molar-refractivity contribution < 1.29 is 4.74 Å². The Hall–Kier alpha value is -2.55. The zero-order valence-corrected chi connectivity index (χ0v) is 15.8. The van der Waals surface area contributed by atoms with Crippen molar-refractivity contribution in [3.8, 4) is 17.0 Å². The molecular formula is C23H28N2O. The van der Waals surface area contributed by atoms with Crippen molar-refractivity contribution in [1.29, 1.82) is 0 Å². The Balaban J connectivity index is 1.83. The highest BCUT2D eigenvalue weighted by Crippen LogP contribution is 2.25. The summed E-state index contributed by atoms with van der Waals surface area (Å²) < 4.78 is 7.82. The lowest BCUT2D eigenvalue weighted by atomic mass is 10.1. The molecule has 3 aromatic rings. The third-order valence-corrected chi connectivity index (χ3v) is 4.83. The first-order valence-corrected chi connectivity index (χ1v) is 9.54. The molecule has 26 heavy (non-hydrogen) atoms. The van der Waals surface area contributed by atoms with E-state index in [9.17, 15) is 0 Å². The summed E-state index contributed by atoms with van der Waals surface area (Å²) in [6.07, 6.45) is 7.71. The number of hydrogen-bond donors (Lipinski definition) is 0. The van der Waals surface area contributed by atoms with Gasteiger partial charge in [-0.3, -0.25) is 0 Å². The molecule has 136 valence electrons. The lowest BCUT2D eigenvalue weighted by Crippen LogP contribution is -2.06. The van der Waals surface area contributed by atoms with Crippen LogP contribution in [0.4, 0.5) is 0 Å². The van der Waals surface area contributed by atoms with Crippen LogP contribution < -0.4 is 4.74 Å². The summed E-state index contributed by atoms with van der Waals surface area (Å²) in [6, 6.07) is 18.8. The molecular weight excluding hydrogens is 320 g/mol. The number of aryl methyl sites for hydroxylation is 2. The standard InChI is InChI=1S/C23H28N2O/c1-3-4-6-14-21-23(20-12-7-5-8-13-20)24-18-25(21)17-16-19-11-9-10-15-22(19)26-2/h5,7-13,15,18H,3-4,6,14,16-17H2,1-2H3. The molecule has 0 spiro atoms. The summed E-state index contributed by atoms with van der Waals surface area (Å²) in [6.45, 7) is 3.17. The Morgan fingerprint density at radius 2 is 1.69 bits per heavy atom. The van der Waals surface area contributed by atoms with Crippen LogP contribution in [0.2, 0.25) is 0 Å². The van der Waals surface area contributed by atoms with Gasteiger partial charge in [-0.1, -0.05) is 68.3 Å². The first-order valence-electron chi connectivity index (χ1n) is 9.54. The minimum Gasteiger partial charge on any atom is -0.496 e. The molecule has 0 saturated carbocycles. The topological polar surface area (TPSA) is 27.1 Å². The molecule has 3 rings (SSSR count). The summed E-state index contributed by atoms with van der Waals surface area (Å²) in [5.41, 5.74) is 4.92. The summed E-state index contributed by atoms with van der Waals surface area (Å²) in [5.74, 6) is 0.962. The van der Waals surface area contributed by atoms with Gasteiger partial charge in [-0.25, -0.2) is 4.98 Å². The number of ether oxygens (including phenoxy) is 1. The van der Waals surface area contributed by atoms with Crippen LogP contribution in [0.3, 0.4) is 0 Å². The lowest BCUT2D eigenvalue weighted by molar-refractivity contribution is 0.408. The summed E-state index contributed by atoms with van der Waals surface area (Å²) in [4.78, 5) is 4.75. The molecule has 3 heteroatoms. The SMILES string of the molecule is CCCCCc1c(-c2ccccc2)ncn1CCc1ccccc1OC. The van der Waals surface area contributed by atoms with Crippen molar-refractivity contribution >= 4 is 0 Å². The van der Waals surface area contributed by atoms with E-state index in [2.05, 4.69) is 54.0 Å². The van der Waals surface area contributed by atoms with Gasteiger partial charge in [0.1, 0.15) is 5.75 Å². The highest BCUT2D eigenvalue weighted by molar-refractivity contribution is 5.61. The fraction of sp³-hybridized carbons (Fsp3) is 0.348. The van der Waals surface area contributed by atoms with Gasteiger partial charge in [-0.15, -0.1) is 0 Å². The van der Waals surface area contributed by atoms with Crippen LogP contribution in [0, 0.1) is 0 Å². The maximum atomic E-state index is 5.49. The molecule has 1 aromatic heterocycles. The van der Waals surface area contributed by atoms with Crippen LogP contribution in [0.5, 0.6) is 5.75 Å². The van der Waals surface area contributed by atoms with Gasteiger partial charge in [0, 0.05) is 17.8 Å². The van der Waals surface area contributed by atoms with Crippen LogP contribution in [0.25, 0.3) is 11.3 Å². The molecule has 3 nitrogen and oxygen atoms in total. The number of para-hydroxylation sites is 1. The molecule has 1 heterocycles. The van der Waals surface area contributed by atoms with Crippen molar-refractivity contribution in [1.82, 2.24) is 9.55 Å². The van der Waals surface area contributed by atoms with E-state index in [1.807, 2.05) is 18.5 Å². The number of hydrogen-bond acceptors (Lipinski definition) is 2. The van der Waals surface area contributed by atoms with Gasteiger partial charge in [0.05, 0.1) is 19.1 Å². The zero-order chi connectivity index (χ0) is 18.2. The van der Waals surface area contributed by atoms with Gasteiger partial charge in [-0.05, 0) is 30.9 Å². The highest BCUT2D eigenvalue weighted by Gasteiger charge is 2.13. The van der Waals surface area contributed by atoms with Crippen LogP contribution in [0.1, 0.15) is 37.4 Å². The molecule has 0 aliphatic heterocycles. The second-order valence-electron chi connectivity index (χ2n) is 6.62. The highest BCUT2D eigenvalue weighted by atomic mass is 16.5. The zero-order valence-electron chi connectivity index (χ0n) is 15.8. The maximum absolute atomic E-state index is 5.49. The van der Waals surface area contributed by atoms with Gasteiger partial charge in [-0.2, -0.15) is 0 Å². The quantitative estimate of drug-likeness (QED) is 0.475. The van der Waals surface area contributed by atoms with E-state index in [0.29, 0.717) is 0 Å². The first-order chi connectivity index (χ1) is 12.8. The van der Waals surface area contributed by atoms with Crippen LogP contribution in [-0.4, -0.2) is 16.7 Å². The Morgan fingerprint density at radius 1 is 0.923 bits per heavy atom. The predicted molar refractivity (Wildman–Crippen MR) is 108 cm³/mol. The monoisotopic (exact) mass is 348 g/mol. The number of rotatable bonds is 9. The molecule has 0 fully saturated rings. The van der Waals surface area contributed by atoms with E-state index in [0.717, 1.165) is 30.8 Å². The van der Waals surface area contributed by atoms with Gasteiger partial charge in [0.25, 0.3) is 0 Å². The van der Waals surface area contributed by atoms with E-state index in [1.165, 1.54) is 36.1 Å². The van der Waals surface area contributed by atoms with Gasteiger partial charge in [0.15, 0.2) is 0 Å². The molecule has 0 aliphatic carbocycles. The van der Waals surface area contributed by atoms with Crippen LogP contribution in [-0.2, 0) is 19.4 Å². The molecule has 0 radical (unpaired) electrons. The minimum atomic E-state index is 0.918. The summed E-state index contributed by atoms with van der Waals surface area (Å²) in [5, 5.41) is 0. The Morgan fingerprint density at radius 3 is 2.46 bits per heavy atom. The number of benzene rings is 2. The van der Waals surface area contributed by atoms with E-state index in [-0.39, 0.29) is 0 Å². The fourth-order valence-corrected chi connectivity index (χ4v) is 3.39. The molecule has 0 N–H and O–H groups in total. The third kappa shape index (κ3) is 4.34. The van der Waals surface area contributed by atoms with E-state index in [4.69, 9.17) is 9.72 Å². The van der Waals surface area contributed by atoms with Crippen molar-refractivity contribution in [2.45, 2.75) is 45.6 Å². The van der Waals surface area contributed by atoms with Crippen LogP contribution >= 0.6 is 0 Å². The second kappa shape index (κ2) is 9.23. The molecule has 0 amide bonds. The minimum absolute atomic E-state index is 0.918. The second-order valence-corrected chi connectivity index (χ2v) is 6.62. The average Bonchev–Trinajstić information content (AvgIpc) is 3.10. The molecule has 0 atom stereocenters. The first kappa shape index (κ1) is 18.2. The lowest BCUT2D eigenvalue weighted by Gasteiger charge is -2.12. The van der Waals surface area contributed by atoms with Gasteiger partial charge >= 0.3 is 0 Å². The molecule has 0 unspecified atom stereocenters. The summed E-state index contributed by atoms with van der Waals surface area (Å²) in [7, 11) is 1.74. The Kier molecular flexibility index (Phi) is 6.48. The molecule has 0 bridgehead atoms. The Bertz CT molecular complexity index is 808. The number of unbranched alkanes of at least 4 members (excludes halogenated alkanes) is 2. The number of aromatic nitrogens is 2. The average molecular weight is 348 g/mol. The largest absolute Gasteiger partial charge is 0.496 e. The molecule has 2 aromatic carbocycles. The van der Waals surface area contributed by atoms with Crippen molar-refractivity contribution in [3.63, 3.8) is 0 Å². The number of imidazole rings is 1. The van der Waals surface area contributed by atoms with E-state index >= 15 is 0 Å². The van der Waals surface area contributed by atoms with Gasteiger partial charge < -0.3 is 9.30 Å². The van der Waals surface area contributed by atoms with Gasteiger partial charge in [0.2, 0.25) is 0 Å². The van der Waals surface area contributed by atoms with Crippen molar-refractivity contribution in [2.24, 2.45) is 0 Å². The Labute approximate surface area is 156 Å².